The van der Waals surface area contributed by atoms with Crippen LogP contribution in [0.25, 0.3) is 0 Å². The fourth-order valence-corrected chi connectivity index (χ4v) is 2.25. The van der Waals surface area contributed by atoms with Gasteiger partial charge in [0.25, 0.3) is 0 Å². The monoisotopic (exact) mass is 334 g/mol. The number of nitrogens with one attached hydrogen (secondary N) is 2. The number of halogens is 2. The maximum Gasteiger partial charge on any atom is 0.191 e. The van der Waals surface area contributed by atoms with Crippen molar-refractivity contribution in [3.63, 3.8) is 0 Å². The van der Waals surface area contributed by atoms with Crippen molar-refractivity contribution in [1.29, 1.82) is 0 Å². The molecule has 0 radical (unpaired) electrons. The summed E-state index contributed by atoms with van der Waals surface area (Å²) in [6, 6.07) is 1.85. The molecule has 1 aromatic rings. The Balaban J connectivity index is 2.30. The van der Waals surface area contributed by atoms with Crippen LogP contribution in [0.2, 0.25) is 10.2 Å². The van der Waals surface area contributed by atoms with Gasteiger partial charge in [0, 0.05) is 39.5 Å². The molecule has 0 bridgehead atoms. The Hall–Kier alpha value is -0.910. The summed E-state index contributed by atoms with van der Waals surface area (Å²) < 4.78 is 7.15. The molecule has 0 aliphatic carbocycles. The van der Waals surface area contributed by atoms with Crippen molar-refractivity contribution in [3.8, 4) is 0 Å². The third kappa shape index (κ3) is 6.16. The molecule has 0 amide bonds. The average molecular weight is 335 g/mol. The lowest BCUT2D eigenvalue weighted by atomic mass is 10.3. The zero-order chi connectivity index (χ0) is 15.7. The van der Waals surface area contributed by atoms with Gasteiger partial charge in [-0.2, -0.15) is 0 Å². The molecule has 0 aliphatic rings. The zero-order valence-electron chi connectivity index (χ0n) is 12.9. The topological polar surface area (TPSA) is 50.6 Å². The van der Waals surface area contributed by atoms with Crippen LogP contribution in [0, 0.1) is 0 Å². The van der Waals surface area contributed by atoms with Gasteiger partial charge in [-0.05, 0) is 25.8 Å². The highest BCUT2D eigenvalue weighted by molar-refractivity contribution is 6.41. The summed E-state index contributed by atoms with van der Waals surface area (Å²) in [5.74, 6) is 0.764. The molecule has 0 saturated carbocycles. The minimum atomic E-state index is 0.548. The second-order valence-corrected chi connectivity index (χ2v) is 5.36. The van der Waals surface area contributed by atoms with E-state index in [1.807, 2.05) is 24.6 Å². The number of hydrogen-bond acceptors (Lipinski definition) is 2. The summed E-state index contributed by atoms with van der Waals surface area (Å²) in [4.78, 5) is 4.18. The second kappa shape index (κ2) is 9.92. The molecular weight excluding hydrogens is 311 g/mol. The molecule has 0 atom stereocenters. The highest BCUT2D eigenvalue weighted by Gasteiger charge is 2.09. The van der Waals surface area contributed by atoms with E-state index in [0.717, 1.165) is 44.3 Å². The number of guanidine groups is 1. The van der Waals surface area contributed by atoms with Gasteiger partial charge in [-0.15, -0.1) is 0 Å². The number of aliphatic imine (C=N–C) groups is 1. The molecule has 0 fully saturated rings. The van der Waals surface area contributed by atoms with E-state index in [2.05, 4.69) is 15.6 Å². The van der Waals surface area contributed by atoms with Crippen LogP contribution in [0.5, 0.6) is 0 Å². The van der Waals surface area contributed by atoms with Crippen LogP contribution < -0.4 is 10.6 Å². The number of ether oxygens (including phenoxy) is 1. The van der Waals surface area contributed by atoms with Crippen LogP contribution in [0.15, 0.2) is 11.1 Å². The average Bonchev–Trinajstić information content (AvgIpc) is 2.73. The first-order chi connectivity index (χ1) is 10.1. The molecule has 0 unspecified atom stereocenters. The fourth-order valence-electron chi connectivity index (χ4n) is 1.83. The predicted octanol–water partition coefficient (Wildman–Crippen LogP) is 2.81. The van der Waals surface area contributed by atoms with Crippen molar-refractivity contribution < 1.29 is 4.74 Å². The van der Waals surface area contributed by atoms with Gasteiger partial charge in [0.15, 0.2) is 5.96 Å². The summed E-state index contributed by atoms with van der Waals surface area (Å²) in [6.07, 6.45) is 2.09. The Morgan fingerprint density at radius 3 is 2.67 bits per heavy atom. The Bertz CT molecular complexity index is 460. The van der Waals surface area contributed by atoms with E-state index in [-0.39, 0.29) is 0 Å². The lowest BCUT2D eigenvalue weighted by Crippen LogP contribution is -2.37. The zero-order valence-corrected chi connectivity index (χ0v) is 14.4. The molecule has 1 rings (SSSR count). The Labute approximate surface area is 136 Å². The molecule has 5 nitrogen and oxygen atoms in total. The van der Waals surface area contributed by atoms with Crippen LogP contribution in [-0.4, -0.2) is 37.3 Å². The van der Waals surface area contributed by atoms with Gasteiger partial charge in [-0.25, -0.2) is 0 Å². The molecule has 0 aromatic carbocycles. The quantitative estimate of drug-likeness (QED) is 0.436. The smallest absolute Gasteiger partial charge is 0.191 e. The SMILES string of the molecule is CCOCCCCNC(=NC)NCc1cc(Cl)c(Cl)n1C. The third-order valence-electron chi connectivity index (χ3n) is 3.09. The molecule has 1 heterocycles. The van der Waals surface area contributed by atoms with E-state index in [4.69, 9.17) is 27.9 Å². The Kier molecular flexibility index (Phi) is 8.57. The van der Waals surface area contributed by atoms with Gasteiger partial charge in [0.2, 0.25) is 0 Å². The van der Waals surface area contributed by atoms with Crippen LogP contribution in [0.4, 0.5) is 0 Å². The maximum absolute atomic E-state index is 6.04. The van der Waals surface area contributed by atoms with Gasteiger partial charge in [-0.3, -0.25) is 4.99 Å². The minimum absolute atomic E-state index is 0.548. The van der Waals surface area contributed by atoms with Crippen molar-refractivity contribution in [2.45, 2.75) is 26.3 Å². The van der Waals surface area contributed by atoms with Crippen molar-refractivity contribution in [2.24, 2.45) is 12.0 Å². The van der Waals surface area contributed by atoms with Gasteiger partial charge in [-0.1, -0.05) is 23.2 Å². The lowest BCUT2D eigenvalue weighted by Gasteiger charge is -2.12. The molecule has 7 heteroatoms. The molecule has 21 heavy (non-hydrogen) atoms. The number of nitrogens with zero attached hydrogens (tertiary/aromatic N) is 2. The first-order valence-electron chi connectivity index (χ1n) is 7.12. The largest absolute Gasteiger partial charge is 0.382 e. The summed E-state index contributed by atoms with van der Waals surface area (Å²) >= 11 is 12.0. The third-order valence-corrected chi connectivity index (χ3v) is 3.93. The molecule has 0 aliphatic heterocycles. The van der Waals surface area contributed by atoms with Gasteiger partial charge in [0.1, 0.15) is 5.15 Å². The van der Waals surface area contributed by atoms with Crippen LogP contribution in [0.3, 0.4) is 0 Å². The normalized spacial score (nSPS) is 11.8. The van der Waals surface area contributed by atoms with Gasteiger partial charge in [0.05, 0.1) is 11.6 Å². The highest BCUT2D eigenvalue weighted by atomic mass is 35.5. The van der Waals surface area contributed by atoms with Crippen LogP contribution in [-0.2, 0) is 18.3 Å². The van der Waals surface area contributed by atoms with E-state index >= 15 is 0 Å². The Morgan fingerprint density at radius 1 is 1.33 bits per heavy atom. The number of unbranched alkanes of at least 4 members (excludes halogenated alkanes) is 1. The molecule has 0 saturated heterocycles. The van der Waals surface area contributed by atoms with E-state index in [0.29, 0.717) is 16.7 Å². The maximum atomic E-state index is 6.04. The van der Waals surface area contributed by atoms with Crippen LogP contribution in [0.1, 0.15) is 25.5 Å². The molecule has 2 N–H and O–H groups in total. The number of rotatable bonds is 8. The van der Waals surface area contributed by atoms with Gasteiger partial charge >= 0.3 is 0 Å². The minimum Gasteiger partial charge on any atom is -0.382 e. The highest BCUT2D eigenvalue weighted by Crippen LogP contribution is 2.24. The molecule has 1 aromatic heterocycles. The van der Waals surface area contributed by atoms with E-state index in [1.165, 1.54) is 0 Å². The first-order valence-corrected chi connectivity index (χ1v) is 7.87. The van der Waals surface area contributed by atoms with Crippen molar-refractivity contribution in [2.75, 3.05) is 26.8 Å². The van der Waals surface area contributed by atoms with E-state index in [1.54, 1.807) is 7.05 Å². The van der Waals surface area contributed by atoms with E-state index < -0.39 is 0 Å². The second-order valence-electron chi connectivity index (χ2n) is 4.59. The van der Waals surface area contributed by atoms with E-state index in [9.17, 15) is 0 Å². The summed E-state index contributed by atoms with van der Waals surface area (Å²) in [6.45, 7) is 5.07. The molecule has 0 spiro atoms. The van der Waals surface area contributed by atoms with Crippen LogP contribution >= 0.6 is 23.2 Å². The standard InChI is InChI=1S/C14H24Cl2N4O/c1-4-21-8-6-5-7-18-14(17-2)19-10-11-9-12(15)13(16)20(11)3/h9H,4-8,10H2,1-3H3,(H2,17,18,19). The van der Waals surface area contributed by atoms with Crippen molar-refractivity contribution >= 4 is 29.2 Å². The first kappa shape index (κ1) is 18.1. The number of aromatic nitrogens is 1. The van der Waals surface area contributed by atoms with Gasteiger partial charge < -0.3 is 19.9 Å². The van der Waals surface area contributed by atoms with Crippen molar-refractivity contribution in [1.82, 2.24) is 15.2 Å². The molecular formula is C14H24Cl2N4O. The molecule has 120 valence electrons. The Morgan fingerprint density at radius 2 is 2.10 bits per heavy atom. The predicted molar refractivity (Wildman–Crippen MR) is 89.4 cm³/mol. The fraction of sp³-hybridized carbons (Fsp3) is 0.643. The lowest BCUT2D eigenvalue weighted by molar-refractivity contribution is 0.143. The van der Waals surface area contributed by atoms with Crippen molar-refractivity contribution in [3.05, 3.63) is 21.9 Å². The summed E-state index contributed by atoms with van der Waals surface area (Å²) in [5.41, 5.74) is 1.00. The number of hydrogen-bond donors (Lipinski definition) is 2. The summed E-state index contributed by atoms with van der Waals surface area (Å²) in [5, 5.41) is 7.62. The summed E-state index contributed by atoms with van der Waals surface area (Å²) in [7, 11) is 3.63.